The minimum absolute atomic E-state index is 0.0118. The third-order valence-electron chi connectivity index (χ3n) is 4.72. The minimum atomic E-state index is -4.46. The Morgan fingerprint density at radius 2 is 1.79 bits per heavy atom. The van der Waals surface area contributed by atoms with Crippen molar-refractivity contribution in [3.8, 4) is 11.1 Å². The van der Waals surface area contributed by atoms with Gasteiger partial charge in [0.25, 0.3) is 10.0 Å². The van der Waals surface area contributed by atoms with Crippen LogP contribution in [0.4, 0.5) is 13.2 Å². The molecule has 158 valence electrons. The summed E-state index contributed by atoms with van der Waals surface area (Å²) < 4.78 is 63.9. The van der Waals surface area contributed by atoms with E-state index in [-0.39, 0.29) is 16.5 Å². The normalized spacial score (nSPS) is 16.8. The number of halogens is 3. The summed E-state index contributed by atoms with van der Waals surface area (Å²) >= 11 is 0.982. The van der Waals surface area contributed by atoms with Crippen LogP contribution >= 0.6 is 11.3 Å². The number of hydrogen-bond acceptors (Lipinski definition) is 5. The molecule has 0 amide bonds. The van der Waals surface area contributed by atoms with Gasteiger partial charge in [0.1, 0.15) is 4.21 Å². The van der Waals surface area contributed by atoms with E-state index < -0.39 is 27.7 Å². The van der Waals surface area contributed by atoms with E-state index >= 15 is 0 Å². The molecule has 1 aliphatic heterocycles. The smallest absolute Gasteiger partial charge is 0.416 e. The average molecular weight is 448 g/mol. The number of aliphatic carboxylic acids is 1. The highest BCUT2D eigenvalue weighted by atomic mass is 32.2. The number of hydrazine groups is 1. The first-order chi connectivity index (χ1) is 13.6. The lowest BCUT2D eigenvalue weighted by atomic mass is 9.94. The molecule has 1 saturated heterocycles. The number of nitrogens with one attached hydrogen (secondary N) is 1. The Hall–Kier alpha value is -1.95. The van der Waals surface area contributed by atoms with Crippen LogP contribution in [0.3, 0.4) is 0 Å². The van der Waals surface area contributed by atoms with Gasteiger partial charge in [0, 0.05) is 25.1 Å². The molecule has 1 aliphatic rings. The topological polar surface area (TPSA) is 86.7 Å². The van der Waals surface area contributed by atoms with Crippen LogP contribution in [0.5, 0.6) is 0 Å². The molecule has 3 rings (SSSR count). The first kappa shape index (κ1) is 21.8. The van der Waals surface area contributed by atoms with Crippen molar-refractivity contribution in [2.75, 3.05) is 13.1 Å². The van der Waals surface area contributed by atoms with Crippen LogP contribution in [-0.4, -0.2) is 37.6 Å². The number of thiophene rings is 1. The molecule has 0 radical (unpaired) electrons. The molecule has 6 nitrogen and oxygen atoms in total. The Morgan fingerprint density at radius 3 is 2.34 bits per heavy atom. The molecule has 0 spiro atoms. The van der Waals surface area contributed by atoms with Crippen LogP contribution in [0.2, 0.25) is 0 Å². The Balaban J connectivity index is 1.73. The highest BCUT2D eigenvalue weighted by Crippen LogP contribution is 2.35. The van der Waals surface area contributed by atoms with Crippen molar-refractivity contribution < 1.29 is 31.5 Å². The zero-order valence-corrected chi connectivity index (χ0v) is 16.8. The fraction of sp³-hybridized carbons (Fsp3) is 0.389. The van der Waals surface area contributed by atoms with Crippen LogP contribution in [0.15, 0.2) is 39.9 Å². The number of benzene rings is 1. The molecule has 0 bridgehead atoms. The molecule has 1 fully saturated rings. The molecule has 1 aromatic heterocycles. The summed E-state index contributed by atoms with van der Waals surface area (Å²) in [5, 5.41) is 12.0. The second kappa shape index (κ2) is 8.42. The second-order valence-electron chi connectivity index (χ2n) is 6.82. The summed E-state index contributed by atoms with van der Waals surface area (Å²) in [5.41, 5.74) is -0.0972. The molecule has 29 heavy (non-hydrogen) atoms. The third kappa shape index (κ3) is 5.35. The van der Waals surface area contributed by atoms with Crippen molar-refractivity contribution >= 4 is 27.3 Å². The molecular weight excluding hydrogens is 429 g/mol. The van der Waals surface area contributed by atoms with Gasteiger partial charge in [0.2, 0.25) is 0 Å². The van der Waals surface area contributed by atoms with E-state index in [4.69, 9.17) is 5.11 Å². The molecular formula is C18H19F3N2O4S2. The predicted molar refractivity (Wildman–Crippen MR) is 102 cm³/mol. The van der Waals surface area contributed by atoms with Crippen molar-refractivity contribution in [1.82, 2.24) is 9.84 Å². The van der Waals surface area contributed by atoms with Crippen LogP contribution in [0.1, 0.15) is 24.8 Å². The van der Waals surface area contributed by atoms with Crippen molar-refractivity contribution in [2.24, 2.45) is 5.92 Å². The zero-order chi connectivity index (χ0) is 21.2. The number of carboxylic acid groups (broad SMARTS) is 1. The van der Waals surface area contributed by atoms with E-state index in [0.717, 1.165) is 23.5 Å². The first-order valence-corrected chi connectivity index (χ1v) is 11.2. The summed E-state index contributed by atoms with van der Waals surface area (Å²) in [4.78, 5) is 13.3. The Kier molecular flexibility index (Phi) is 6.32. The molecule has 0 aliphatic carbocycles. The standard InChI is InChI=1S/C18H19F3N2O4S2/c19-18(20,21)14-3-1-13(2-4-14)15-7-10-28-17(15)29(26,27)22-23-8-5-12(6-9-23)11-16(24)25/h1-4,7,10,12,22H,5-6,8-9,11H2,(H,24,25). The quantitative estimate of drug-likeness (QED) is 0.702. The maximum Gasteiger partial charge on any atom is 0.416 e. The van der Waals surface area contributed by atoms with Gasteiger partial charge in [-0.05, 0) is 47.9 Å². The third-order valence-corrected chi connectivity index (χ3v) is 7.58. The summed E-state index contributed by atoms with van der Waals surface area (Å²) in [7, 11) is -3.92. The Labute approximate surface area is 170 Å². The summed E-state index contributed by atoms with van der Waals surface area (Å²) in [6.07, 6.45) is -3.28. The number of carbonyl (C=O) groups is 1. The molecule has 1 aromatic carbocycles. The van der Waals surface area contributed by atoms with Gasteiger partial charge in [-0.2, -0.15) is 13.2 Å². The van der Waals surface area contributed by atoms with Gasteiger partial charge in [0.15, 0.2) is 0 Å². The van der Waals surface area contributed by atoms with E-state index in [1.165, 1.54) is 17.1 Å². The van der Waals surface area contributed by atoms with Crippen molar-refractivity contribution in [3.63, 3.8) is 0 Å². The number of alkyl halides is 3. The van der Waals surface area contributed by atoms with Gasteiger partial charge >= 0.3 is 12.1 Å². The second-order valence-corrected chi connectivity index (χ2v) is 9.59. The van der Waals surface area contributed by atoms with Gasteiger partial charge in [-0.1, -0.05) is 12.1 Å². The number of nitrogens with zero attached hydrogens (tertiary/aromatic N) is 1. The van der Waals surface area contributed by atoms with E-state index in [0.29, 0.717) is 37.1 Å². The monoisotopic (exact) mass is 448 g/mol. The largest absolute Gasteiger partial charge is 0.481 e. The van der Waals surface area contributed by atoms with Crippen LogP contribution in [0, 0.1) is 5.92 Å². The molecule has 0 atom stereocenters. The number of sulfonamides is 1. The Morgan fingerprint density at radius 1 is 1.17 bits per heavy atom. The highest BCUT2D eigenvalue weighted by Gasteiger charge is 2.31. The maximum absolute atomic E-state index is 12.8. The van der Waals surface area contributed by atoms with E-state index in [1.807, 2.05) is 0 Å². The van der Waals surface area contributed by atoms with Crippen molar-refractivity contribution in [1.29, 1.82) is 0 Å². The van der Waals surface area contributed by atoms with Gasteiger partial charge in [-0.15, -0.1) is 16.2 Å². The van der Waals surface area contributed by atoms with Crippen LogP contribution in [-0.2, 0) is 21.0 Å². The molecule has 2 aromatic rings. The minimum Gasteiger partial charge on any atom is -0.481 e. The van der Waals surface area contributed by atoms with Crippen molar-refractivity contribution in [2.45, 2.75) is 29.6 Å². The van der Waals surface area contributed by atoms with E-state index in [1.54, 1.807) is 11.4 Å². The molecule has 2 heterocycles. The maximum atomic E-state index is 12.8. The summed E-state index contributed by atoms with van der Waals surface area (Å²) in [6, 6.07) is 5.90. The fourth-order valence-corrected chi connectivity index (χ4v) is 5.75. The van der Waals surface area contributed by atoms with Crippen molar-refractivity contribution in [3.05, 3.63) is 41.3 Å². The Bertz CT molecular complexity index is 964. The number of carboxylic acids is 1. The molecule has 11 heteroatoms. The van der Waals surface area contributed by atoms with Gasteiger partial charge < -0.3 is 5.11 Å². The van der Waals surface area contributed by atoms with Gasteiger partial charge in [0.05, 0.1) is 5.56 Å². The lowest BCUT2D eigenvalue weighted by Crippen LogP contribution is -2.46. The van der Waals surface area contributed by atoms with Crippen LogP contribution in [0.25, 0.3) is 11.1 Å². The van der Waals surface area contributed by atoms with E-state index in [9.17, 15) is 26.4 Å². The summed E-state index contributed by atoms with van der Waals surface area (Å²) in [5.74, 6) is -0.860. The fourth-order valence-electron chi connectivity index (χ4n) is 3.24. The average Bonchev–Trinajstić information content (AvgIpc) is 3.13. The lowest BCUT2D eigenvalue weighted by Gasteiger charge is -2.31. The molecule has 2 N–H and O–H groups in total. The highest BCUT2D eigenvalue weighted by molar-refractivity contribution is 7.91. The van der Waals surface area contributed by atoms with Gasteiger partial charge in [-0.25, -0.2) is 13.4 Å². The number of hydrogen-bond donors (Lipinski definition) is 2. The van der Waals surface area contributed by atoms with E-state index in [2.05, 4.69) is 4.83 Å². The zero-order valence-electron chi connectivity index (χ0n) is 15.1. The summed E-state index contributed by atoms with van der Waals surface area (Å²) in [6.45, 7) is 0.774. The predicted octanol–water partition coefficient (Wildman–Crippen LogP) is 3.81. The van der Waals surface area contributed by atoms with Crippen LogP contribution < -0.4 is 4.83 Å². The molecule has 0 saturated carbocycles. The number of piperidine rings is 1. The first-order valence-electron chi connectivity index (χ1n) is 8.80. The SMILES string of the molecule is O=C(O)CC1CCN(NS(=O)(=O)c2sccc2-c2ccc(C(F)(F)F)cc2)CC1. The number of rotatable bonds is 6. The molecule has 0 unspecified atom stereocenters. The van der Waals surface area contributed by atoms with Gasteiger partial charge in [-0.3, -0.25) is 4.79 Å². The lowest BCUT2D eigenvalue weighted by molar-refractivity contribution is -0.139.